The Labute approximate surface area is 157 Å². The lowest BCUT2D eigenvalue weighted by atomic mass is 10.1. The summed E-state index contributed by atoms with van der Waals surface area (Å²) in [5.41, 5.74) is -0.552. The van der Waals surface area contributed by atoms with E-state index in [2.05, 4.69) is 15.4 Å². The van der Waals surface area contributed by atoms with Gasteiger partial charge in [0.2, 0.25) is 5.91 Å². The fourth-order valence-corrected chi connectivity index (χ4v) is 2.56. The van der Waals surface area contributed by atoms with Gasteiger partial charge in [-0.25, -0.2) is 9.67 Å². The van der Waals surface area contributed by atoms with Gasteiger partial charge in [-0.3, -0.25) is 4.79 Å². The molecule has 0 radical (unpaired) electrons. The molecule has 1 aromatic heterocycles. The summed E-state index contributed by atoms with van der Waals surface area (Å²) in [5.74, 6) is -0.949. The molecule has 0 aliphatic rings. The molecule has 0 aliphatic heterocycles. The van der Waals surface area contributed by atoms with E-state index in [-0.39, 0.29) is 11.3 Å². The maximum absolute atomic E-state index is 13.4. The van der Waals surface area contributed by atoms with E-state index in [1.54, 1.807) is 18.2 Å². The zero-order chi connectivity index (χ0) is 19.4. The quantitative estimate of drug-likeness (QED) is 0.665. The first-order chi connectivity index (χ1) is 12.8. The van der Waals surface area contributed by atoms with Gasteiger partial charge in [0, 0.05) is 11.1 Å². The molecule has 9 heteroatoms. The van der Waals surface area contributed by atoms with Crippen molar-refractivity contribution in [2.75, 3.05) is 5.32 Å². The molecular weight excluding hydrogens is 381 g/mol. The second-order valence-electron chi connectivity index (χ2n) is 5.41. The average Bonchev–Trinajstić information content (AvgIpc) is 3.14. The minimum atomic E-state index is -4.69. The summed E-state index contributed by atoms with van der Waals surface area (Å²) in [6, 6.07) is 11.6. The van der Waals surface area contributed by atoms with Crippen LogP contribution in [-0.2, 0) is 4.79 Å². The zero-order valence-corrected chi connectivity index (χ0v) is 14.4. The number of benzene rings is 2. The van der Waals surface area contributed by atoms with Gasteiger partial charge in [-0.05, 0) is 23.8 Å². The lowest BCUT2D eigenvalue weighted by Crippen LogP contribution is -2.17. The first kappa shape index (κ1) is 18.7. The summed E-state index contributed by atoms with van der Waals surface area (Å²) < 4.78 is 41.5. The average molecular weight is 393 g/mol. The topological polar surface area (TPSA) is 59.8 Å². The standard InChI is InChI=1S/C18H12ClF3N4O/c19-13-6-7-16(26-11-23-10-24-26)15(8-13)25-17(27)9-14(18(20,21)22)12-4-2-1-3-5-12/h1-11H,(H,25,27)/b14-9+. The van der Waals surface area contributed by atoms with Crippen molar-refractivity contribution < 1.29 is 18.0 Å². The molecule has 0 saturated heterocycles. The summed E-state index contributed by atoms with van der Waals surface area (Å²) in [4.78, 5) is 16.1. The molecule has 3 rings (SSSR count). The third-order valence-corrected chi connectivity index (χ3v) is 3.78. The fourth-order valence-electron chi connectivity index (χ4n) is 2.39. The maximum atomic E-state index is 13.4. The smallest absolute Gasteiger partial charge is 0.321 e. The molecule has 0 aliphatic carbocycles. The number of hydrogen-bond donors (Lipinski definition) is 1. The molecule has 0 bridgehead atoms. The second-order valence-corrected chi connectivity index (χ2v) is 5.85. The van der Waals surface area contributed by atoms with Gasteiger partial charge in [0.15, 0.2) is 0 Å². The van der Waals surface area contributed by atoms with Crippen LogP contribution in [0.3, 0.4) is 0 Å². The molecule has 1 heterocycles. The third-order valence-electron chi connectivity index (χ3n) is 3.55. The molecular formula is C18H12ClF3N4O. The highest BCUT2D eigenvalue weighted by Crippen LogP contribution is 2.34. The van der Waals surface area contributed by atoms with Gasteiger partial charge in [-0.1, -0.05) is 41.9 Å². The predicted octanol–water partition coefficient (Wildman–Crippen LogP) is 4.51. The highest BCUT2D eigenvalue weighted by atomic mass is 35.5. The molecule has 3 aromatic rings. The molecule has 2 aromatic carbocycles. The van der Waals surface area contributed by atoms with E-state index in [0.29, 0.717) is 16.8 Å². The number of rotatable bonds is 4. The van der Waals surface area contributed by atoms with Gasteiger partial charge in [-0.2, -0.15) is 18.3 Å². The lowest BCUT2D eigenvalue weighted by Gasteiger charge is -2.13. The normalized spacial score (nSPS) is 12.1. The summed E-state index contributed by atoms with van der Waals surface area (Å²) in [6.45, 7) is 0. The number of amides is 1. The molecule has 0 spiro atoms. The van der Waals surface area contributed by atoms with Crippen LogP contribution >= 0.6 is 11.6 Å². The van der Waals surface area contributed by atoms with Crippen LogP contribution in [0.4, 0.5) is 18.9 Å². The molecule has 27 heavy (non-hydrogen) atoms. The van der Waals surface area contributed by atoms with Crippen molar-refractivity contribution in [3.05, 3.63) is 77.8 Å². The van der Waals surface area contributed by atoms with Crippen LogP contribution in [0.25, 0.3) is 11.3 Å². The largest absolute Gasteiger partial charge is 0.417 e. The van der Waals surface area contributed by atoms with Crippen molar-refractivity contribution in [1.29, 1.82) is 0 Å². The number of anilines is 1. The van der Waals surface area contributed by atoms with Crippen molar-refractivity contribution >= 4 is 28.8 Å². The fraction of sp³-hybridized carbons (Fsp3) is 0.0556. The number of carbonyl (C=O) groups excluding carboxylic acids is 1. The van der Waals surface area contributed by atoms with Crippen LogP contribution in [0.1, 0.15) is 5.56 Å². The third kappa shape index (κ3) is 4.53. The van der Waals surface area contributed by atoms with Crippen molar-refractivity contribution in [2.45, 2.75) is 6.18 Å². The second kappa shape index (κ2) is 7.63. The van der Waals surface area contributed by atoms with Crippen LogP contribution in [0, 0.1) is 0 Å². The first-order valence-corrected chi connectivity index (χ1v) is 8.02. The molecule has 0 fully saturated rings. The van der Waals surface area contributed by atoms with Gasteiger partial charge in [0.25, 0.3) is 0 Å². The number of nitrogens with one attached hydrogen (secondary N) is 1. The number of hydrogen-bond acceptors (Lipinski definition) is 3. The van der Waals surface area contributed by atoms with E-state index in [4.69, 9.17) is 11.6 Å². The van der Waals surface area contributed by atoms with Crippen LogP contribution in [0.15, 0.2) is 67.3 Å². The molecule has 138 valence electrons. The Morgan fingerprint density at radius 1 is 1.15 bits per heavy atom. The van der Waals surface area contributed by atoms with Crippen LogP contribution in [-0.4, -0.2) is 26.8 Å². The highest BCUT2D eigenvalue weighted by molar-refractivity contribution is 6.31. The lowest BCUT2D eigenvalue weighted by molar-refractivity contribution is -0.112. The Morgan fingerprint density at radius 2 is 1.89 bits per heavy atom. The van der Waals surface area contributed by atoms with E-state index >= 15 is 0 Å². The Bertz CT molecular complexity index is 970. The van der Waals surface area contributed by atoms with Gasteiger partial charge in [0.1, 0.15) is 12.7 Å². The molecule has 0 atom stereocenters. The molecule has 5 nitrogen and oxygen atoms in total. The number of halogens is 4. The van der Waals surface area contributed by atoms with E-state index in [1.165, 1.54) is 47.7 Å². The summed E-state index contributed by atoms with van der Waals surface area (Å²) in [5, 5.41) is 6.67. The maximum Gasteiger partial charge on any atom is 0.417 e. The number of alkyl halides is 3. The molecule has 1 N–H and O–H groups in total. The first-order valence-electron chi connectivity index (χ1n) is 7.64. The Hall–Kier alpha value is -3.13. The summed E-state index contributed by atoms with van der Waals surface area (Å²) >= 11 is 5.94. The predicted molar refractivity (Wildman–Crippen MR) is 95.5 cm³/mol. The van der Waals surface area contributed by atoms with E-state index in [9.17, 15) is 18.0 Å². The van der Waals surface area contributed by atoms with Gasteiger partial charge in [0.05, 0.1) is 16.9 Å². The van der Waals surface area contributed by atoms with Crippen LogP contribution in [0.5, 0.6) is 0 Å². The highest BCUT2D eigenvalue weighted by Gasteiger charge is 2.35. The monoisotopic (exact) mass is 392 g/mol. The van der Waals surface area contributed by atoms with Gasteiger partial charge < -0.3 is 5.32 Å². The Morgan fingerprint density at radius 3 is 2.52 bits per heavy atom. The minimum absolute atomic E-state index is 0.109. The number of aromatic nitrogens is 3. The number of allylic oxidation sites excluding steroid dienone is 1. The van der Waals surface area contributed by atoms with Gasteiger partial charge in [-0.15, -0.1) is 0 Å². The Kier molecular flexibility index (Phi) is 5.27. The van der Waals surface area contributed by atoms with E-state index in [0.717, 1.165) is 0 Å². The van der Waals surface area contributed by atoms with E-state index < -0.39 is 17.7 Å². The van der Waals surface area contributed by atoms with Crippen molar-refractivity contribution in [3.8, 4) is 5.69 Å². The number of nitrogens with zero attached hydrogens (tertiary/aromatic N) is 3. The van der Waals surface area contributed by atoms with Crippen molar-refractivity contribution in [3.63, 3.8) is 0 Å². The Balaban J connectivity index is 1.95. The van der Waals surface area contributed by atoms with Crippen molar-refractivity contribution in [1.82, 2.24) is 14.8 Å². The number of carbonyl (C=O) groups is 1. The van der Waals surface area contributed by atoms with Crippen LogP contribution < -0.4 is 5.32 Å². The summed E-state index contributed by atoms with van der Waals surface area (Å²) in [7, 11) is 0. The SMILES string of the molecule is O=C(/C=C(\c1ccccc1)C(F)(F)F)Nc1cc(Cl)ccc1-n1cncn1. The molecule has 0 saturated carbocycles. The van der Waals surface area contributed by atoms with Crippen LogP contribution in [0.2, 0.25) is 5.02 Å². The minimum Gasteiger partial charge on any atom is -0.321 e. The molecule has 0 unspecified atom stereocenters. The molecule has 1 amide bonds. The van der Waals surface area contributed by atoms with E-state index in [1.807, 2.05) is 0 Å². The summed E-state index contributed by atoms with van der Waals surface area (Å²) in [6.07, 6.45) is -1.50. The zero-order valence-electron chi connectivity index (χ0n) is 13.6. The van der Waals surface area contributed by atoms with Crippen molar-refractivity contribution in [2.24, 2.45) is 0 Å². The van der Waals surface area contributed by atoms with Gasteiger partial charge >= 0.3 is 6.18 Å².